The number of aromatic amines is 1. The number of nitrogens with zero attached hydrogens (tertiary/aromatic N) is 3. The van der Waals surface area contributed by atoms with Crippen LogP contribution in [0.25, 0.3) is 11.3 Å². The fourth-order valence-corrected chi connectivity index (χ4v) is 3.76. The van der Waals surface area contributed by atoms with Gasteiger partial charge in [0.05, 0.1) is 5.69 Å². The Morgan fingerprint density at radius 3 is 2.75 bits per heavy atom. The minimum Gasteiger partial charge on any atom is -0.468 e. The molecule has 10 heteroatoms. The number of rotatable bonds is 6. The summed E-state index contributed by atoms with van der Waals surface area (Å²) in [5, 5.41) is 10.5. The third-order valence-electron chi connectivity index (χ3n) is 5.38. The van der Waals surface area contributed by atoms with Gasteiger partial charge >= 0.3 is 6.18 Å². The van der Waals surface area contributed by atoms with E-state index < -0.39 is 18.7 Å². The Morgan fingerprint density at radius 1 is 1.22 bits per heavy atom. The predicted molar refractivity (Wildman–Crippen MR) is 111 cm³/mol. The van der Waals surface area contributed by atoms with Gasteiger partial charge in [0.25, 0.3) is 0 Å². The average Bonchev–Trinajstić information content (AvgIpc) is 3.12. The van der Waals surface area contributed by atoms with E-state index in [0.717, 1.165) is 36.2 Å². The van der Waals surface area contributed by atoms with Crippen molar-refractivity contribution in [2.24, 2.45) is 5.41 Å². The minimum absolute atomic E-state index is 0.122. The lowest BCUT2D eigenvalue weighted by Gasteiger charge is -2.29. The maximum Gasteiger partial charge on any atom is 0.422 e. The summed E-state index contributed by atoms with van der Waals surface area (Å²) in [6.45, 7) is 3.29. The van der Waals surface area contributed by atoms with Crippen LogP contribution in [0.1, 0.15) is 37.1 Å². The van der Waals surface area contributed by atoms with Crippen molar-refractivity contribution in [3.05, 3.63) is 53.2 Å². The number of H-pyrrole nitrogens is 1. The van der Waals surface area contributed by atoms with E-state index in [4.69, 9.17) is 0 Å². The van der Waals surface area contributed by atoms with Gasteiger partial charge in [0.15, 0.2) is 6.61 Å². The topological polar surface area (TPSA) is 75.7 Å². The molecule has 0 spiro atoms. The highest BCUT2D eigenvalue weighted by Gasteiger charge is 2.30. The van der Waals surface area contributed by atoms with Gasteiger partial charge in [0.2, 0.25) is 11.8 Å². The van der Waals surface area contributed by atoms with Gasteiger partial charge in [-0.1, -0.05) is 19.9 Å². The summed E-state index contributed by atoms with van der Waals surface area (Å²) in [5.74, 6) is -0.430. The number of aromatic nitrogens is 4. The first-order valence-corrected chi connectivity index (χ1v) is 10.2. The lowest BCUT2D eigenvalue weighted by atomic mass is 9.76. The number of ether oxygens (including phenoxy) is 1. The monoisotopic (exact) mass is 449 g/mol. The molecule has 3 aromatic rings. The van der Waals surface area contributed by atoms with Crippen molar-refractivity contribution in [3.63, 3.8) is 0 Å². The summed E-state index contributed by atoms with van der Waals surface area (Å²) in [4.78, 5) is 7.74. The molecule has 0 aromatic carbocycles. The fraction of sp³-hybridized carbons (Fsp3) is 0.409. The van der Waals surface area contributed by atoms with E-state index in [9.17, 15) is 17.6 Å². The van der Waals surface area contributed by atoms with Gasteiger partial charge < -0.3 is 10.1 Å². The Morgan fingerprint density at radius 2 is 2.03 bits per heavy atom. The summed E-state index contributed by atoms with van der Waals surface area (Å²) in [6.07, 6.45) is -0.239. The van der Waals surface area contributed by atoms with Gasteiger partial charge in [0, 0.05) is 41.7 Å². The summed E-state index contributed by atoms with van der Waals surface area (Å²) in [7, 11) is 0. The van der Waals surface area contributed by atoms with E-state index in [-0.39, 0.29) is 17.8 Å². The minimum atomic E-state index is -4.42. The number of halogens is 4. The molecular weight excluding hydrogens is 426 g/mol. The normalized spacial score (nSPS) is 15.3. The van der Waals surface area contributed by atoms with Crippen LogP contribution >= 0.6 is 0 Å². The maximum absolute atomic E-state index is 14.2. The first kappa shape index (κ1) is 22.0. The van der Waals surface area contributed by atoms with Gasteiger partial charge in [-0.2, -0.15) is 22.7 Å². The summed E-state index contributed by atoms with van der Waals surface area (Å²) < 4.78 is 55.5. The molecule has 2 N–H and O–H groups in total. The molecule has 1 aliphatic rings. The van der Waals surface area contributed by atoms with Crippen molar-refractivity contribution in [3.8, 4) is 17.1 Å². The fourth-order valence-electron chi connectivity index (χ4n) is 3.76. The lowest BCUT2D eigenvalue weighted by Crippen LogP contribution is -2.21. The zero-order chi connectivity index (χ0) is 22.9. The Balaban J connectivity index is 1.45. The molecule has 0 fully saturated rings. The molecule has 32 heavy (non-hydrogen) atoms. The molecule has 0 saturated heterocycles. The summed E-state index contributed by atoms with van der Waals surface area (Å²) in [5.41, 5.74) is 4.44. The van der Waals surface area contributed by atoms with Crippen molar-refractivity contribution in [2.75, 3.05) is 11.9 Å². The molecule has 4 rings (SSSR count). The molecule has 6 nitrogen and oxygen atoms in total. The number of anilines is 1. The predicted octanol–water partition coefficient (Wildman–Crippen LogP) is 5.07. The molecule has 170 valence electrons. The van der Waals surface area contributed by atoms with Crippen LogP contribution in [-0.4, -0.2) is 32.9 Å². The van der Waals surface area contributed by atoms with E-state index in [1.807, 2.05) is 0 Å². The number of hydrogen-bond donors (Lipinski definition) is 2. The Labute approximate surface area is 182 Å². The van der Waals surface area contributed by atoms with Crippen LogP contribution in [0.4, 0.5) is 23.4 Å². The number of hydrogen-bond acceptors (Lipinski definition) is 5. The smallest absolute Gasteiger partial charge is 0.422 e. The SMILES string of the molecule is CC1(C)CCc2c(-c3cc(F)nc(NCc4ccc(OCC(F)(F)F)nc4)c3)n[nH]c2C1. The Bertz CT molecular complexity index is 1090. The van der Waals surface area contributed by atoms with E-state index in [0.29, 0.717) is 16.9 Å². The third kappa shape index (κ3) is 5.35. The van der Waals surface area contributed by atoms with Crippen LogP contribution in [-0.2, 0) is 19.4 Å². The highest BCUT2D eigenvalue weighted by Crippen LogP contribution is 2.38. The Hall–Kier alpha value is -3.17. The molecule has 0 atom stereocenters. The van der Waals surface area contributed by atoms with Gasteiger partial charge in [-0.15, -0.1) is 0 Å². The van der Waals surface area contributed by atoms with E-state index in [2.05, 4.69) is 44.1 Å². The number of pyridine rings is 2. The second-order valence-electron chi connectivity index (χ2n) is 8.70. The van der Waals surface area contributed by atoms with Crippen LogP contribution in [0.5, 0.6) is 5.88 Å². The standard InChI is InChI=1S/C22H23F4N5O/c1-21(2)6-5-15-16(9-21)30-31-20(15)14-7-17(23)29-18(8-14)27-10-13-3-4-19(28-11-13)32-12-22(24,25)26/h3-4,7-8,11H,5-6,9-10,12H2,1-2H3,(H,27,29)(H,30,31). The summed E-state index contributed by atoms with van der Waals surface area (Å²) in [6, 6.07) is 6.02. The molecule has 0 unspecified atom stereocenters. The zero-order valence-corrected chi connectivity index (χ0v) is 17.7. The highest BCUT2D eigenvalue weighted by molar-refractivity contribution is 5.67. The van der Waals surface area contributed by atoms with Crippen molar-refractivity contribution in [1.29, 1.82) is 0 Å². The molecule has 0 amide bonds. The van der Waals surface area contributed by atoms with Crippen LogP contribution in [0, 0.1) is 11.4 Å². The first-order valence-electron chi connectivity index (χ1n) is 10.2. The van der Waals surface area contributed by atoms with E-state index in [1.165, 1.54) is 18.3 Å². The number of fused-ring (bicyclic) bond motifs is 1. The number of nitrogens with one attached hydrogen (secondary N) is 2. The van der Waals surface area contributed by atoms with Gasteiger partial charge in [0.1, 0.15) is 5.82 Å². The molecule has 3 aromatic heterocycles. The second kappa shape index (κ2) is 8.40. The van der Waals surface area contributed by atoms with E-state index >= 15 is 0 Å². The first-order chi connectivity index (χ1) is 15.1. The van der Waals surface area contributed by atoms with Crippen molar-refractivity contribution in [1.82, 2.24) is 20.2 Å². The van der Waals surface area contributed by atoms with Gasteiger partial charge in [-0.3, -0.25) is 5.10 Å². The molecule has 0 aliphatic heterocycles. The van der Waals surface area contributed by atoms with Gasteiger partial charge in [-0.25, -0.2) is 9.97 Å². The quantitative estimate of drug-likeness (QED) is 0.406. The molecule has 0 saturated carbocycles. The van der Waals surface area contributed by atoms with Crippen molar-refractivity contribution in [2.45, 2.75) is 45.8 Å². The van der Waals surface area contributed by atoms with E-state index in [1.54, 1.807) is 12.1 Å². The summed E-state index contributed by atoms with van der Waals surface area (Å²) >= 11 is 0. The van der Waals surface area contributed by atoms with Crippen molar-refractivity contribution >= 4 is 5.82 Å². The van der Waals surface area contributed by atoms with Crippen LogP contribution in [0.15, 0.2) is 30.5 Å². The second-order valence-corrected chi connectivity index (χ2v) is 8.70. The highest BCUT2D eigenvalue weighted by atomic mass is 19.4. The molecule has 1 aliphatic carbocycles. The lowest BCUT2D eigenvalue weighted by molar-refractivity contribution is -0.154. The average molecular weight is 449 g/mol. The molecule has 0 radical (unpaired) electrons. The van der Waals surface area contributed by atoms with Crippen molar-refractivity contribution < 1.29 is 22.3 Å². The molecule has 0 bridgehead atoms. The van der Waals surface area contributed by atoms with Crippen LogP contribution < -0.4 is 10.1 Å². The number of alkyl halides is 3. The van der Waals surface area contributed by atoms with Crippen LogP contribution in [0.2, 0.25) is 0 Å². The maximum atomic E-state index is 14.2. The largest absolute Gasteiger partial charge is 0.468 e. The third-order valence-corrected chi connectivity index (χ3v) is 5.38. The van der Waals surface area contributed by atoms with Crippen LogP contribution in [0.3, 0.4) is 0 Å². The van der Waals surface area contributed by atoms with Gasteiger partial charge in [-0.05, 0) is 36.3 Å². The zero-order valence-electron chi connectivity index (χ0n) is 17.7. The Kier molecular flexibility index (Phi) is 5.79. The molecule has 3 heterocycles. The molecular formula is C22H23F4N5O.